The van der Waals surface area contributed by atoms with Gasteiger partial charge in [-0.25, -0.2) is 14.8 Å². The van der Waals surface area contributed by atoms with Crippen LogP contribution in [0.25, 0.3) is 11.3 Å². The number of rotatable bonds is 4. The number of carbonyl (C=O) groups is 1. The molecule has 1 atom stereocenters. The Morgan fingerprint density at radius 2 is 2.15 bits per heavy atom. The van der Waals surface area contributed by atoms with Crippen LogP contribution >= 0.6 is 11.6 Å². The minimum Gasteiger partial charge on any atom is -0.465 e. The average molecular weight is 375 g/mol. The number of hydrogen-bond acceptors (Lipinski definition) is 4. The number of carboxylic acid groups (broad SMARTS) is 1. The van der Waals surface area contributed by atoms with Crippen LogP contribution in [-0.4, -0.2) is 56.6 Å². The molecule has 1 amide bonds. The summed E-state index contributed by atoms with van der Waals surface area (Å²) in [6.07, 6.45) is 0.815. The predicted octanol–water partition coefficient (Wildman–Crippen LogP) is 3.62. The van der Waals surface area contributed by atoms with Gasteiger partial charge in [0.15, 0.2) is 0 Å². The molecule has 2 heterocycles. The third-order valence-electron chi connectivity index (χ3n) is 4.81. The van der Waals surface area contributed by atoms with E-state index >= 15 is 0 Å². The van der Waals surface area contributed by atoms with Gasteiger partial charge in [0.1, 0.15) is 0 Å². The molecule has 3 rings (SSSR count). The summed E-state index contributed by atoms with van der Waals surface area (Å²) in [6.45, 7) is 6.89. The largest absolute Gasteiger partial charge is 0.465 e. The second-order valence-electron chi connectivity index (χ2n) is 6.92. The Labute approximate surface area is 158 Å². The van der Waals surface area contributed by atoms with E-state index in [1.807, 2.05) is 18.2 Å². The lowest BCUT2D eigenvalue weighted by Gasteiger charge is -2.42. The quantitative estimate of drug-likeness (QED) is 0.828. The first-order valence-electron chi connectivity index (χ1n) is 8.74. The highest BCUT2D eigenvalue weighted by Crippen LogP contribution is 2.23. The third kappa shape index (κ3) is 4.31. The van der Waals surface area contributed by atoms with E-state index in [4.69, 9.17) is 11.6 Å². The van der Waals surface area contributed by atoms with Crippen molar-refractivity contribution in [1.29, 1.82) is 0 Å². The summed E-state index contributed by atoms with van der Waals surface area (Å²) >= 11 is 5.90. The zero-order valence-electron chi connectivity index (χ0n) is 15.0. The molecule has 0 saturated carbocycles. The molecule has 0 spiro atoms. The monoisotopic (exact) mass is 374 g/mol. The topological polar surface area (TPSA) is 69.6 Å². The summed E-state index contributed by atoms with van der Waals surface area (Å²) in [7, 11) is 0. The molecular formula is C19H23ClN4O2. The zero-order valence-corrected chi connectivity index (χ0v) is 15.7. The van der Waals surface area contributed by atoms with Crippen molar-refractivity contribution in [3.8, 4) is 11.3 Å². The smallest absolute Gasteiger partial charge is 0.407 e. The van der Waals surface area contributed by atoms with Crippen LogP contribution in [0.3, 0.4) is 0 Å². The molecule has 0 aliphatic carbocycles. The van der Waals surface area contributed by atoms with Gasteiger partial charge in [-0.05, 0) is 35.2 Å². The van der Waals surface area contributed by atoms with Crippen LogP contribution in [0, 0.1) is 5.92 Å². The van der Waals surface area contributed by atoms with Crippen LogP contribution in [0.15, 0.2) is 36.5 Å². The summed E-state index contributed by atoms with van der Waals surface area (Å²) < 4.78 is 0. The fraction of sp³-hybridized carbons (Fsp3) is 0.421. The first kappa shape index (κ1) is 18.6. The summed E-state index contributed by atoms with van der Waals surface area (Å²) in [5.74, 6) is 0.376. The molecule has 1 N–H and O–H groups in total. The Morgan fingerprint density at radius 3 is 2.85 bits per heavy atom. The number of halogens is 1. The van der Waals surface area contributed by atoms with Crippen molar-refractivity contribution >= 4 is 17.7 Å². The van der Waals surface area contributed by atoms with Crippen LogP contribution in [-0.2, 0) is 6.54 Å². The molecule has 7 heteroatoms. The van der Waals surface area contributed by atoms with Crippen molar-refractivity contribution in [3.63, 3.8) is 0 Å². The van der Waals surface area contributed by atoms with Crippen LogP contribution in [0.2, 0.25) is 5.28 Å². The van der Waals surface area contributed by atoms with Gasteiger partial charge in [0, 0.05) is 44.0 Å². The second kappa shape index (κ2) is 8.01. The van der Waals surface area contributed by atoms with E-state index in [9.17, 15) is 9.90 Å². The number of hydrogen-bond donors (Lipinski definition) is 1. The predicted molar refractivity (Wildman–Crippen MR) is 101 cm³/mol. The number of nitrogens with zero attached hydrogens (tertiary/aromatic N) is 4. The Bertz CT molecular complexity index is 784. The Morgan fingerprint density at radius 1 is 1.35 bits per heavy atom. The lowest BCUT2D eigenvalue weighted by Crippen LogP contribution is -2.55. The molecule has 1 unspecified atom stereocenters. The normalized spacial score (nSPS) is 18.3. The van der Waals surface area contributed by atoms with E-state index in [0.717, 1.165) is 24.3 Å². The molecule has 1 fully saturated rings. The molecule has 6 nitrogen and oxygen atoms in total. The average Bonchev–Trinajstić information content (AvgIpc) is 2.62. The van der Waals surface area contributed by atoms with Gasteiger partial charge in [0.25, 0.3) is 0 Å². The molecule has 138 valence electrons. The summed E-state index contributed by atoms with van der Waals surface area (Å²) in [4.78, 5) is 23.4. The molecular weight excluding hydrogens is 352 g/mol. The van der Waals surface area contributed by atoms with E-state index < -0.39 is 6.09 Å². The molecule has 1 aromatic carbocycles. The van der Waals surface area contributed by atoms with E-state index in [2.05, 4.69) is 40.8 Å². The number of piperazine rings is 1. The highest BCUT2D eigenvalue weighted by Gasteiger charge is 2.31. The van der Waals surface area contributed by atoms with Crippen molar-refractivity contribution in [1.82, 2.24) is 19.8 Å². The van der Waals surface area contributed by atoms with Crippen LogP contribution in [0.5, 0.6) is 0 Å². The highest BCUT2D eigenvalue weighted by molar-refractivity contribution is 6.28. The second-order valence-corrected chi connectivity index (χ2v) is 7.26. The number of benzene rings is 1. The molecule has 1 saturated heterocycles. The van der Waals surface area contributed by atoms with E-state index in [1.54, 1.807) is 6.20 Å². The van der Waals surface area contributed by atoms with E-state index in [0.29, 0.717) is 19.0 Å². The van der Waals surface area contributed by atoms with Gasteiger partial charge in [0.2, 0.25) is 5.28 Å². The van der Waals surface area contributed by atoms with Gasteiger partial charge in [0.05, 0.1) is 5.69 Å². The standard InChI is InChI=1S/C19H23ClN4O2/c1-13(2)17-12-24(19(25)26)9-8-23(17)11-14-4-3-5-15(10-14)16-6-7-21-18(20)22-16/h3-7,10,13,17H,8-9,11-12H2,1-2H3,(H,25,26). The van der Waals surface area contributed by atoms with Gasteiger partial charge in [-0.1, -0.05) is 32.0 Å². The van der Waals surface area contributed by atoms with Gasteiger partial charge in [-0.3, -0.25) is 4.90 Å². The van der Waals surface area contributed by atoms with Gasteiger partial charge >= 0.3 is 6.09 Å². The molecule has 1 aliphatic rings. The van der Waals surface area contributed by atoms with Gasteiger partial charge < -0.3 is 10.0 Å². The molecule has 1 aliphatic heterocycles. The Balaban J connectivity index is 1.78. The summed E-state index contributed by atoms with van der Waals surface area (Å²) in [6, 6.07) is 10.3. The van der Waals surface area contributed by atoms with Crippen LogP contribution in [0.1, 0.15) is 19.4 Å². The zero-order chi connectivity index (χ0) is 18.7. The molecule has 2 aromatic rings. The minimum absolute atomic E-state index is 0.206. The van der Waals surface area contributed by atoms with Crippen molar-refractivity contribution in [2.75, 3.05) is 19.6 Å². The van der Waals surface area contributed by atoms with E-state index in [-0.39, 0.29) is 11.3 Å². The number of aromatic nitrogens is 2. The maximum Gasteiger partial charge on any atom is 0.407 e. The van der Waals surface area contributed by atoms with Crippen LogP contribution in [0.4, 0.5) is 4.79 Å². The first-order valence-corrected chi connectivity index (χ1v) is 9.11. The summed E-state index contributed by atoms with van der Waals surface area (Å²) in [5, 5.41) is 9.52. The lowest BCUT2D eigenvalue weighted by molar-refractivity contribution is 0.0449. The highest BCUT2D eigenvalue weighted by atomic mass is 35.5. The molecule has 1 aromatic heterocycles. The van der Waals surface area contributed by atoms with Crippen molar-refractivity contribution < 1.29 is 9.90 Å². The molecule has 26 heavy (non-hydrogen) atoms. The SMILES string of the molecule is CC(C)C1CN(C(=O)O)CCN1Cc1cccc(-c2ccnc(Cl)n2)c1. The van der Waals surface area contributed by atoms with E-state index in [1.165, 1.54) is 10.5 Å². The fourth-order valence-electron chi connectivity index (χ4n) is 3.41. The summed E-state index contributed by atoms with van der Waals surface area (Å²) in [5.41, 5.74) is 2.96. The first-order chi connectivity index (χ1) is 12.4. The van der Waals surface area contributed by atoms with Gasteiger partial charge in [-0.15, -0.1) is 0 Å². The van der Waals surface area contributed by atoms with Crippen molar-refractivity contribution in [3.05, 3.63) is 47.4 Å². The molecule has 0 radical (unpaired) electrons. The Kier molecular flexibility index (Phi) is 5.74. The Hall–Kier alpha value is -2.18. The maximum absolute atomic E-state index is 11.3. The maximum atomic E-state index is 11.3. The third-order valence-corrected chi connectivity index (χ3v) is 4.99. The fourth-order valence-corrected chi connectivity index (χ4v) is 3.56. The molecule has 0 bridgehead atoms. The lowest BCUT2D eigenvalue weighted by atomic mass is 9.98. The van der Waals surface area contributed by atoms with Crippen molar-refractivity contribution in [2.24, 2.45) is 5.92 Å². The van der Waals surface area contributed by atoms with Crippen molar-refractivity contribution in [2.45, 2.75) is 26.4 Å². The van der Waals surface area contributed by atoms with Gasteiger partial charge in [-0.2, -0.15) is 0 Å². The number of amides is 1. The minimum atomic E-state index is -0.835. The van der Waals surface area contributed by atoms with Crippen LogP contribution < -0.4 is 0 Å².